The molecule has 0 unspecified atom stereocenters. The van der Waals surface area contributed by atoms with E-state index in [9.17, 15) is 4.79 Å². The Hall–Kier alpha value is -2.18. The fourth-order valence-electron chi connectivity index (χ4n) is 4.01. The second kappa shape index (κ2) is 9.55. The number of thioether (sulfide) groups is 1. The molecule has 0 bridgehead atoms. The number of carbonyl (C=O) groups excluding carboxylic acids is 1. The number of nitrogens with zero attached hydrogens (tertiary/aromatic N) is 2. The van der Waals surface area contributed by atoms with Gasteiger partial charge in [-0.25, -0.2) is 0 Å². The lowest BCUT2D eigenvalue weighted by atomic mass is 10.0. The molecule has 1 atom stereocenters. The summed E-state index contributed by atoms with van der Waals surface area (Å²) < 4.78 is 11.0. The quantitative estimate of drug-likeness (QED) is 0.681. The summed E-state index contributed by atoms with van der Waals surface area (Å²) in [4.78, 5) is 17.6. The van der Waals surface area contributed by atoms with E-state index in [-0.39, 0.29) is 11.2 Å². The highest BCUT2D eigenvalue weighted by Crippen LogP contribution is 2.38. The molecule has 2 aromatic rings. The van der Waals surface area contributed by atoms with Crippen LogP contribution >= 0.6 is 11.8 Å². The van der Waals surface area contributed by atoms with Crippen molar-refractivity contribution in [1.82, 2.24) is 4.90 Å². The Bertz CT molecular complexity index is 836. The minimum absolute atomic E-state index is 0.0591. The molecule has 29 heavy (non-hydrogen) atoms. The molecule has 0 spiro atoms. The van der Waals surface area contributed by atoms with E-state index in [4.69, 9.17) is 9.47 Å². The normalized spacial score (nSPS) is 19.0. The van der Waals surface area contributed by atoms with E-state index in [1.54, 1.807) is 18.9 Å². The molecule has 0 aliphatic carbocycles. The van der Waals surface area contributed by atoms with E-state index in [2.05, 4.69) is 29.2 Å². The summed E-state index contributed by atoms with van der Waals surface area (Å²) in [5.41, 5.74) is 3.62. The van der Waals surface area contributed by atoms with Crippen molar-refractivity contribution in [2.24, 2.45) is 0 Å². The first-order valence-corrected chi connectivity index (χ1v) is 11.3. The van der Waals surface area contributed by atoms with Gasteiger partial charge in [0.25, 0.3) is 0 Å². The van der Waals surface area contributed by atoms with Crippen LogP contribution in [0.25, 0.3) is 0 Å². The Balaban J connectivity index is 1.40. The van der Waals surface area contributed by atoms with Crippen molar-refractivity contribution in [2.45, 2.75) is 11.7 Å². The number of hydrogen-bond acceptors (Lipinski definition) is 5. The summed E-state index contributed by atoms with van der Waals surface area (Å²) in [6.07, 6.45) is 1.05. The van der Waals surface area contributed by atoms with Gasteiger partial charge in [0.05, 0.1) is 12.3 Å². The van der Waals surface area contributed by atoms with E-state index < -0.39 is 0 Å². The van der Waals surface area contributed by atoms with Crippen LogP contribution in [0.15, 0.2) is 48.5 Å². The standard InChI is InChI=1S/C23H28N2O3S/c1-27-15-16-28-21-9-5-4-8-20(21)24-11-13-25(14-12-24)23(26)22-19-7-3-2-6-18(19)10-17-29-22/h2-9,22H,10-17H2,1H3/t22-/m0/s1. The van der Waals surface area contributed by atoms with E-state index >= 15 is 0 Å². The summed E-state index contributed by atoms with van der Waals surface area (Å²) in [7, 11) is 1.68. The highest BCUT2D eigenvalue weighted by molar-refractivity contribution is 8.00. The number of para-hydroxylation sites is 2. The van der Waals surface area contributed by atoms with Gasteiger partial charge in [0.2, 0.25) is 5.91 Å². The molecular formula is C23H28N2O3S. The van der Waals surface area contributed by atoms with Crippen LogP contribution in [0.4, 0.5) is 5.69 Å². The van der Waals surface area contributed by atoms with Crippen LogP contribution in [-0.2, 0) is 16.0 Å². The first-order chi connectivity index (χ1) is 14.3. The maximum Gasteiger partial charge on any atom is 0.240 e. The van der Waals surface area contributed by atoms with E-state index in [1.807, 2.05) is 29.2 Å². The molecule has 2 aliphatic rings. The molecule has 5 nitrogen and oxygen atoms in total. The fourth-order valence-corrected chi connectivity index (χ4v) is 5.28. The highest BCUT2D eigenvalue weighted by atomic mass is 32.2. The number of benzene rings is 2. The fraction of sp³-hybridized carbons (Fsp3) is 0.435. The first kappa shape index (κ1) is 20.1. The van der Waals surface area contributed by atoms with Crippen molar-refractivity contribution < 1.29 is 14.3 Å². The van der Waals surface area contributed by atoms with Gasteiger partial charge in [0.15, 0.2) is 0 Å². The third-order valence-electron chi connectivity index (χ3n) is 5.56. The predicted octanol–water partition coefficient (Wildman–Crippen LogP) is 3.39. The summed E-state index contributed by atoms with van der Waals surface area (Å²) in [6.45, 7) is 4.21. The molecule has 4 rings (SSSR count). The molecule has 2 heterocycles. The van der Waals surface area contributed by atoms with Gasteiger partial charge in [-0.3, -0.25) is 4.79 Å². The third-order valence-corrected chi connectivity index (χ3v) is 6.79. The van der Waals surface area contributed by atoms with Crippen LogP contribution in [0.3, 0.4) is 0 Å². The van der Waals surface area contributed by atoms with Crippen molar-refractivity contribution in [1.29, 1.82) is 0 Å². The van der Waals surface area contributed by atoms with Crippen LogP contribution in [0.5, 0.6) is 5.75 Å². The van der Waals surface area contributed by atoms with Gasteiger partial charge in [-0.1, -0.05) is 36.4 Å². The first-order valence-electron chi connectivity index (χ1n) is 10.2. The molecule has 6 heteroatoms. The van der Waals surface area contributed by atoms with Crippen LogP contribution in [0.1, 0.15) is 16.4 Å². The Kier molecular flexibility index (Phi) is 6.62. The zero-order valence-electron chi connectivity index (χ0n) is 16.9. The molecule has 1 amide bonds. The average Bonchev–Trinajstić information content (AvgIpc) is 2.79. The number of carbonyl (C=O) groups is 1. The van der Waals surface area contributed by atoms with Gasteiger partial charge in [-0.15, -0.1) is 11.8 Å². The number of anilines is 1. The monoisotopic (exact) mass is 412 g/mol. The molecule has 1 fully saturated rings. The molecule has 2 aromatic carbocycles. The number of aryl methyl sites for hydroxylation is 1. The van der Waals surface area contributed by atoms with Crippen molar-refractivity contribution in [3.63, 3.8) is 0 Å². The second-order valence-corrected chi connectivity index (χ2v) is 8.53. The molecule has 154 valence electrons. The van der Waals surface area contributed by atoms with E-state index in [0.717, 1.165) is 49.8 Å². The Morgan fingerprint density at radius 3 is 2.62 bits per heavy atom. The molecule has 0 radical (unpaired) electrons. The van der Waals surface area contributed by atoms with E-state index in [0.29, 0.717) is 13.2 Å². The minimum Gasteiger partial charge on any atom is -0.489 e. The number of rotatable bonds is 6. The van der Waals surface area contributed by atoms with Crippen LogP contribution < -0.4 is 9.64 Å². The number of ether oxygens (including phenoxy) is 2. The van der Waals surface area contributed by atoms with Gasteiger partial charge in [0.1, 0.15) is 17.6 Å². The molecule has 0 aromatic heterocycles. The maximum absolute atomic E-state index is 13.2. The number of fused-ring (bicyclic) bond motifs is 1. The van der Waals surface area contributed by atoms with Crippen LogP contribution in [-0.4, -0.2) is 63.1 Å². The number of hydrogen-bond donors (Lipinski definition) is 0. The van der Waals surface area contributed by atoms with Gasteiger partial charge < -0.3 is 19.3 Å². The van der Waals surface area contributed by atoms with Crippen LogP contribution in [0.2, 0.25) is 0 Å². The number of amides is 1. The summed E-state index contributed by atoms with van der Waals surface area (Å²) >= 11 is 1.78. The Labute approximate surface area is 177 Å². The Morgan fingerprint density at radius 2 is 1.79 bits per heavy atom. The number of piperazine rings is 1. The lowest BCUT2D eigenvalue weighted by Crippen LogP contribution is -2.50. The predicted molar refractivity (Wildman–Crippen MR) is 118 cm³/mol. The number of methoxy groups -OCH3 is 1. The molecular weight excluding hydrogens is 384 g/mol. The summed E-state index contributed by atoms with van der Waals surface area (Å²) in [5, 5.41) is -0.0591. The lowest BCUT2D eigenvalue weighted by Gasteiger charge is -2.38. The zero-order chi connectivity index (χ0) is 20.1. The second-order valence-electron chi connectivity index (χ2n) is 7.32. The smallest absolute Gasteiger partial charge is 0.240 e. The topological polar surface area (TPSA) is 42.0 Å². The van der Waals surface area contributed by atoms with Crippen molar-refractivity contribution in [3.8, 4) is 5.75 Å². The van der Waals surface area contributed by atoms with Crippen molar-refractivity contribution in [2.75, 3.05) is 57.2 Å². The van der Waals surface area contributed by atoms with Gasteiger partial charge >= 0.3 is 0 Å². The largest absolute Gasteiger partial charge is 0.489 e. The SMILES string of the molecule is COCCOc1ccccc1N1CCN(C(=O)[C@H]2SCCc3ccccc32)CC1. The third kappa shape index (κ3) is 4.54. The Morgan fingerprint density at radius 1 is 1.03 bits per heavy atom. The molecule has 0 saturated carbocycles. The summed E-state index contributed by atoms with van der Waals surface area (Å²) in [6, 6.07) is 16.5. The maximum atomic E-state index is 13.2. The highest BCUT2D eigenvalue weighted by Gasteiger charge is 2.32. The van der Waals surface area contributed by atoms with Gasteiger partial charge in [0, 0.05) is 33.3 Å². The molecule has 1 saturated heterocycles. The average molecular weight is 413 g/mol. The van der Waals surface area contributed by atoms with Gasteiger partial charge in [-0.2, -0.15) is 0 Å². The zero-order valence-corrected chi connectivity index (χ0v) is 17.7. The molecule has 2 aliphatic heterocycles. The van der Waals surface area contributed by atoms with Gasteiger partial charge in [-0.05, 0) is 35.4 Å². The van der Waals surface area contributed by atoms with Crippen molar-refractivity contribution in [3.05, 3.63) is 59.7 Å². The summed E-state index contributed by atoms with van der Waals surface area (Å²) in [5.74, 6) is 2.15. The van der Waals surface area contributed by atoms with Crippen LogP contribution in [0, 0.1) is 0 Å². The molecule has 0 N–H and O–H groups in total. The van der Waals surface area contributed by atoms with Crippen molar-refractivity contribution >= 4 is 23.4 Å². The lowest BCUT2D eigenvalue weighted by molar-refractivity contribution is -0.131. The van der Waals surface area contributed by atoms with E-state index in [1.165, 1.54) is 11.1 Å². The minimum atomic E-state index is -0.0591.